The van der Waals surface area contributed by atoms with Gasteiger partial charge in [-0.15, -0.1) is 0 Å². The average Bonchev–Trinajstić information content (AvgIpc) is 3.03. The molecule has 3 rings (SSSR count). The van der Waals surface area contributed by atoms with E-state index in [0.29, 0.717) is 28.0 Å². The topological polar surface area (TPSA) is 94.1 Å². The van der Waals surface area contributed by atoms with Crippen molar-refractivity contribution in [3.8, 4) is 0 Å². The first-order valence-electron chi connectivity index (χ1n) is 8.76. The molecule has 0 radical (unpaired) electrons. The van der Waals surface area contributed by atoms with Crippen LogP contribution in [0.2, 0.25) is 10.0 Å². The number of aromatic nitrogens is 4. The van der Waals surface area contributed by atoms with Crippen LogP contribution in [0.3, 0.4) is 0 Å². The number of aliphatic hydroxyl groups is 1. The lowest BCUT2D eigenvalue weighted by atomic mass is 10.2. The summed E-state index contributed by atoms with van der Waals surface area (Å²) in [6, 6.07) is 4.90. The smallest absolute Gasteiger partial charge is 0.332 e. The second-order valence-electron chi connectivity index (χ2n) is 6.53. The number of halogens is 2. The number of nitrogens with one attached hydrogen (secondary N) is 1. The van der Waals surface area contributed by atoms with Crippen LogP contribution >= 0.6 is 23.2 Å². The zero-order valence-electron chi connectivity index (χ0n) is 15.7. The maximum Gasteiger partial charge on any atom is 0.332 e. The zero-order valence-corrected chi connectivity index (χ0v) is 17.3. The number of anilines is 1. The Morgan fingerprint density at radius 1 is 1.18 bits per heavy atom. The number of aryl methyl sites for hydroxylation is 1. The first-order valence-corrected chi connectivity index (χ1v) is 9.52. The van der Waals surface area contributed by atoms with Crippen LogP contribution in [0.15, 0.2) is 27.8 Å². The second-order valence-corrected chi connectivity index (χ2v) is 7.35. The average molecular weight is 426 g/mol. The van der Waals surface area contributed by atoms with Crippen LogP contribution in [0.4, 0.5) is 5.95 Å². The molecule has 0 aliphatic carbocycles. The molecular formula is C18H21Cl2N5O3. The molecule has 0 saturated heterocycles. The lowest BCUT2D eigenvalue weighted by Crippen LogP contribution is -2.37. The van der Waals surface area contributed by atoms with Gasteiger partial charge in [-0.3, -0.25) is 18.5 Å². The molecule has 1 aromatic carbocycles. The summed E-state index contributed by atoms with van der Waals surface area (Å²) >= 11 is 12.6. The second kappa shape index (κ2) is 7.98. The quantitative estimate of drug-likeness (QED) is 0.629. The highest BCUT2D eigenvalue weighted by Crippen LogP contribution is 2.28. The van der Waals surface area contributed by atoms with Gasteiger partial charge in [0.05, 0.1) is 19.2 Å². The first-order chi connectivity index (χ1) is 13.3. The van der Waals surface area contributed by atoms with E-state index in [1.54, 1.807) is 29.8 Å². The Balaban J connectivity index is 2.31. The van der Waals surface area contributed by atoms with E-state index in [9.17, 15) is 14.7 Å². The Morgan fingerprint density at radius 2 is 1.82 bits per heavy atom. The van der Waals surface area contributed by atoms with Crippen LogP contribution in [0.1, 0.15) is 18.9 Å². The van der Waals surface area contributed by atoms with E-state index in [-0.39, 0.29) is 30.4 Å². The minimum Gasteiger partial charge on any atom is -0.394 e. The van der Waals surface area contributed by atoms with Crippen molar-refractivity contribution in [2.45, 2.75) is 25.9 Å². The molecule has 3 aromatic rings. The van der Waals surface area contributed by atoms with Crippen LogP contribution in [0, 0.1) is 0 Å². The molecule has 1 unspecified atom stereocenters. The highest BCUT2D eigenvalue weighted by molar-refractivity contribution is 6.36. The molecule has 0 aliphatic rings. The maximum absolute atomic E-state index is 12.9. The number of aliphatic hydroxyl groups excluding tert-OH is 1. The van der Waals surface area contributed by atoms with E-state index in [1.165, 1.54) is 11.6 Å². The van der Waals surface area contributed by atoms with Gasteiger partial charge in [0.2, 0.25) is 5.95 Å². The molecule has 28 heavy (non-hydrogen) atoms. The summed E-state index contributed by atoms with van der Waals surface area (Å²) in [5.41, 5.74) is 0.168. The number of rotatable bonds is 6. The summed E-state index contributed by atoms with van der Waals surface area (Å²) in [5, 5.41) is 13.6. The summed E-state index contributed by atoms with van der Waals surface area (Å²) in [6.45, 7) is 1.98. The summed E-state index contributed by atoms with van der Waals surface area (Å²) in [5.74, 6) is 0.352. The van der Waals surface area contributed by atoms with E-state index in [2.05, 4.69) is 10.3 Å². The van der Waals surface area contributed by atoms with Crippen molar-refractivity contribution in [2.75, 3.05) is 11.9 Å². The third kappa shape index (κ3) is 3.43. The van der Waals surface area contributed by atoms with Crippen LogP contribution in [0.5, 0.6) is 0 Å². The van der Waals surface area contributed by atoms with Crippen molar-refractivity contribution in [2.24, 2.45) is 14.1 Å². The Labute approximate surface area is 170 Å². The van der Waals surface area contributed by atoms with Crippen molar-refractivity contribution >= 4 is 40.3 Å². The van der Waals surface area contributed by atoms with Crippen molar-refractivity contribution in [3.63, 3.8) is 0 Å². The first kappa shape index (κ1) is 20.4. The Bertz CT molecular complexity index is 1120. The Morgan fingerprint density at radius 3 is 2.39 bits per heavy atom. The molecular weight excluding hydrogens is 405 g/mol. The summed E-state index contributed by atoms with van der Waals surface area (Å²) in [7, 11) is 2.97. The lowest BCUT2D eigenvalue weighted by molar-refractivity contribution is 0.271. The zero-order chi connectivity index (χ0) is 20.6. The predicted molar refractivity (Wildman–Crippen MR) is 111 cm³/mol. The fraction of sp³-hybridized carbons (Fsp3) is 0.389. The van der Waals surface area contributed by atoms with Gasteiger partial charge in [-0.05, 0) is 18.6 Å². The molecule has 10 heteroatoms. The van der Waals surface area contributed by atoms with Gasteiger partial charge < -0.3 is 10.4 Å². The van der Waals surface area contributed by atoms with Gasteiger partial charge in [-0.2, -0.15) is 4.98 Å². The minimum atomic E-state index is -0.473. The molecule has 0 saturated carbocycles. The number of fused-ring (bicyclic) bond motifs is 1. The minimum absolute atomic E-state index is 0.108. The molecule has 0 bridgehead atoms. The van der Waals surface area contributed by atoms with Gasteiger partial charge in [0.25, 0.3) is 5.56 Å². The molecule has 0 amide bonds. The molecule has 8 nitrogen and oxygen atoms in total. The fourth-order valence-corrected chi connectivity index (χ4v) is 3.53. The molecule has 2 aromatic heterocycles. The molecule has 0 aliphatic heterocycles. The van der Waals surface area contributed by atoms with Crippen molar-refractivity contribution < 1.29 is 5.11 Å². The molecule has 0 fully saturated rings. The molecule has 0 spiro atoms. The highest BCUT2D eigenvalue weighted by atomic mass is 35.5. The van der Waals surface area contributed by atoms with Gasteiger partial charge in [-0.25, -0.2) is 4.79 Å². The SMILES string of the molecule is CCC(CO)Nc1nc2c(c(=O)n(C)c(=O)n2C)n1Cc1c(Cl)cccc1Cl. The van der Waals surface area contributed by atoms with Crippen molar-refractivity contribution in [1.29, 1.82) is 0 Å². The van der Waals surface area contributed by atoms with Gasteiger partial charge >= 0.3 is 5.69 Å². The summed E-state index contributed by atoms with van der Waals surface area (Å²) in [6.07, 6.45) is 0.642. The molecule has 2 heterocycles. The molecule has 2 N–H and O–H groups in total. The monoisotopic (exact) mass is 425 g/mol. The van der Waals surface area contributed by atoms with Gasteiger partial charge in [0, 0.05) is 29.7 Å². The van der Waals surface area contributed by atoms with Crippen LogP contribution in [-0.4, -0.2) is 36.4 Å². The molecule has 150 valence electrons. The largest absolute Gasteiger partial charge is 0.394 e. The Kier molecular flexibility index (Phi) is 5.83. The van der Waals surface area contributed by atoms with Gasteiger partial charge in [0.1, 0.15) is 0 Å². The normalized spacial score (nSPS) is 12.5. The fourth-order valence-electron chi connectivity index (χ4n) is 3.01. The van der Waals surface area contributed by atoms with E-state index in [0.717, 1.165) is 4.57 Å². The number of imidazole rings is 1. The number of benzene rings is 1. The third-order valence-electron chi connectivity index (χ3n) is 4.77. The van der Waals surface area contributed by atoms with E-state index < -0.39 is 11.2 Å². The van der Waals surface area contributed by atoms with E-state index >= 15 is 0 Å². The number of hydrogen-bond donors (Lipinski definition) is 2. The van der Waals surface area contributed by atoms with Crippen molar-refractivity contribution in [1.82, 2.24) is 18.7 Å². The van der Waals surface area contributed by atoms with Crippen LogP contribution in [0.25, 0.3) is 11.2 Å². The molecule has 1 atom stereocenters. The lowest BCUT2D eigenvalue weighted by Gasteiger charge is -2.17. The predicted octanol–water partition coefficient (Wildman–Crippen LogP) is 1.97. The van der Waals surface area contributed by atoms with Crippen molar-refractivity contribution in [3.05, 3.63) is 54.6 Å². The van der Waals surface area contributed by atoms with Crippen LogP contribution in [-0.2, 0) is 20.6 Å². The summed E-state index contributed by atoms with van der Waals surface area (Å²) < 4.78 is 3.98. The number of nitrogens with zero attached hydrogens (tertiary/aromatic N) is 4. The van der Waals surface area contributed by atoms with Gasteiger partial charge in [0.15, 0.2) is 11.2 Å². The Hall–Kier alpha value is -2.29. The van der Waals surface area contributed by atoms with Crippen LogP contribution < -0.4 is 16.6 Å². The highest BCUT2D eigenvalue weighted by Gasteiger charge is 2.22. The standard InChI is InChI=1S/C18H21Cl2N5O3/c1-4-10(9-26)21-17-22-15-14(16(27)24(3)18(28)23(15)2)25(17)8-11-12(19)6-5-7-13(11)20/h5-7,10,26H,4,8-9H2,1-3H3,(H,21,22). The van der Waals surface area contributed by atoms with Gasteiger partial charge in [-0.1, -0.05) is 36.2 Å². The third-order valence-corrected chi connectivity index (χ3v) is 5.48. The number of hydrogen-bond acceptors (Lipinski definition) is 5. The maximum atomic E-state index is 12.9. The summed E-state index contributed by atoms with van der Waals surface area (Å²) in [4.78, 5) is 29.6. The van der Waals surface area contributed by atoms with E-state index in [1.807, 2.05) is 6.92 Å². The van der Waals surface area contributed by atoms with E-state index in [4.69, 9.17) is 23.2 Å².